The van der Waals surface area contributed by atoms with Crippen LogP contribution in [0, 0.1) is 6.92 Å². The molecule has 0 radical (unpaired) electrons. The molecule has 0 saturated carbocycles. The van der Waals surface area contributed by atoms with E-state index in [9.17, 15) is 4.79 Å². The fourth-order valence-electron chi connectivity index (χ4n) is 4.10. The highest BCUT2D eigenvalue weighted by Gasteiger charge is 2.30. The fraction of sp³-hybridized carbons (Fsp3) is 0.450. The lowest BCUT2D eigenvalue weighted by molar-refractivity contribution is 0.0704. The predicted octanol–water partition coefficient (Wildman–Crippen LogP) is 1.71. The summed E-state index contributed by atoms with van der Waals surface area (Å²) < 4.78 is 3.89. The molecule has 10 heteroatoms. The van der Waals surface area contributed by atoms with E-state index in [-0.39, 0.29) is 18.3 Å². The molecule has 0 aliphatic carbocycles. The van der Waals surface area contributed by atoms with Crippen LogP contribution in [-0.4, -0.2) is 60.2 Å². The fourth-order valence-corrected chi connectivity index (χ4v) is 4.10. The number of fused-ring (bicyclic) bond motifs is 1. The van der Waals surface area contributed by atoms with E-state index in [2.05, 4.69) is 30.4 Å². The van der Waals surface area contributed by atoms with E-state index in [4.69, 9.17) is 0 Å². The van der Waals surface area contributed by atoms with Crippen LogP contribution in [-0.2, 0) is 13.1 Å². The lowest BCUT2D eigenvalue weighted by Gasteiger charge is -2.31. The van der Waals surface area contributed by atoms with Crippen LogP contribution in [0.15, 0.2) is 30.5 Å². The highest BCUT2D eigenvalue weighted by Crippen LogP contribution is 2.28. The summed E-state index contributed by atoms with van der Waals surface area (Å²) in [5, 5.41) is 20.3. The SMILES string of the molecule is Cc1ccc(-n2cc(C(=O)N3CCC(c4nnc5n4CCNC5)CC3)nn2)cc1.Cl. The Morgan fingerprint density at radius 3 is 2.60 bits per heavy atom. The second-order valence-electron chi connectivity index (χ2n) is 7.75. The molecule has 0 spiro atoms. The number of hydrogen-bond acceptors (Lipinski definition) is 6. The second kappa shape index (κ2) is 8.53. The van der Waals surface area contributed by atoms with Crippen LogP contribution in [0.5, 0.6) is 0 Å². The first kappa shape index (κ1) is 20.5. The first-order valence-corrected chi connectivity index (χ1v) is 10.1. The van der Waals surface area contributed by atoms with Gasteiger partial charge in [0.25, 0.3) is 5.91 Å². The largest absolute Gasteiger partial charge is 0.337 e. The van der Waals surface area contributed by atoms with E-state index < -0.39 is 0 Å². The van der Waals surface area contributed by atoms with Gasteiger partial charge in [0, 0.05) is 32.1 Å². The molecule has 158 valence electrons. The maximum atomic E-state index is 12.9. The normalized spacial score (nSPS) is 16.8. The van der Waals surface area contributed by atoms with E-state index >= 15 is 0 Å². The van der Waals surface area contributed by atoms with Crippen LogP contribution < -0.4 is 5.32 Å². The molecular formula is C20H25ClN8O. The third-order valence-electron chi connectivity index (χ3n) is 5.81. The number of nitrogens with zero attached hydrogens (tertiary/aromatic N) is 7. The number of aromatic nitrogens is 6. The molecule has 5 rings (SSSR count). The Bertz CT molecular complexity index is 1020. The van der Waals surface area contributed by atoms with Gasteiger partial charge in [0.1, 0.15) is 11.6 Å². The van der Waals surface area contributed by atoms with Crippen LogP contribution >= 0.6 is 12.4 Å². The molecule has 4 heterocycles. The lowest BCUT2D eigenvalue weighted by atomic mass is 9.95. The molecule has 1 fully saturated rings. The quantitative estimate of drug-likeness (QED) is 0.682. The van der Waals surface area contributed by atoms with Gasteiger partial charge in [-0.25, -0.2) is 4.68 Å². The lowest BCUT2D eigenvalue weighted by Crippen LogP contribution is -2.39. The Kier molecular flexibility index (Phi) is 5.83. The van der Waals surface area contributed by atoms with E-state index in [1.54, 1.807) is 10.9 Å². The molecule has 3 aromatic rings. The van der Waals surface area contributed by atoms with Crippen molar-refractivity contribution < 1.29 is 4.79 Å². The number of nitrogens with one attached hydrogen (secondary N) is 1. The zero-order valence-electron chi connectivity index (χ0n) is 16.9. The molecule has 1 aromatic carbocycles. The van der Waals surface area contributed by atoms with Crippen molar-refractivity contribution in [3.63, 3.8) is 0 Å². The van der Waals surface area contributed by atoms with Crippen molar-refractivity contribution in [2.24, 2.45) is 0 Å². The standard InChI is InChI=1S/C20H24N8O.ClH/c1-14-2-4-16(5-3-14)28-13-17(22-25-28)20(29)26-9-6-15(7-10-26)19-24-23-18-12-21-8-11-27(18)19;/h2-5,13,15,21H,6-12H2,1H3;1H. The average molecular weight is 429 g/mol. The Hall–Kier alpha value is -2.78. The second-order valence-corrected chi connectivity index (χ2v) is 7.75. The number of benzene rings is 1. The Labute approximate surface area is 180 Å². The molecule has 9 nitrogen and oxygen atoms in total. The summed E-state index contributed by atoms with van der Waals surface area (Å²) in [7, 11) is 0. The number of rotatable bonds is 3. The molecule has 2 aliphatic heterocycles. The van der Waals surface area contributed by atoms with Gasteiger partial charge in [0.2, 0.25) is 0 Å². The van der Waals surface area contributed by atoms with Crippen molar-refractivity contribution in [2.45, 2.75) is 38.8 Å². The van der Waals surface area contributed by atoms with E-state index in [0.717, 1.165) is 49.8 Å². The highest BCUT2D eigenvalue weighted by atomic mass is 35.5. The van der Waals surface area contributed by atoms with Gasteiger partial charge in [-0.05, 0) is 31.9 Å². The Morgan fingerprint density at radius 2 is 1.83 bits per heavy atom. The van der Waals surface area contributed by atoms with Crippen molar-refractivity contribution in [2.75, 3.05) is 19.6 Å². The third-order valence-corrected chi connectivity index (χ3v) is 5.81. The minimum absolute atomic E-state index is 0. The van der Waals surface area contributed by atoms with E-state index in [0.29, 0.717) is 24.7 Å². The molecule has 0 bridgehead atoms. The maximum absolute atomic E-state index is 12.9. The smallest absolute Gasteiger partial charge is 0.276 e. The summed E-state index contributed by atoms with van der Waals surface area (Å²) >= 11 is 0. The third kappa shape index (κ3) is 3.82. The van der Waals surface area contributed by atoms with Crippen molar-refractivity contribution >= 4 is 18.3 Å². The monoisotopic (exact) mass is 428 g/mol. The molecule has 1 amide bonds. The summed E-state index contributed by atoms with van der Waals surface area (Å²) in [6.45, 7) is 6.07. The van der Waals surface area contributed by atoms with Crippen molar-refractivity contribution in [1.82, 2.24) is 40.0 Å². The number of carbonyl (C=O) groups is 1. The molecule has 2 aliphatic rings. The average Bonchev–Trinajstić information content (AvgIpc) is 3.42. The van der Waals surface area contributed by atoms with Crippen molar-refractivity contribution in [3.8, 4) is 5.69 Å². The summed E-state index contributed by atoms with van der Waals surface area (Å²) in [6.07, 6.45) is 3.49. The number of halogens is 1. The van der Waals surface area contributed by atoms with Crippen LogP contribution in [0.4, 0.5) is 0 Å². The molecule has 0 atom stereocenters. The predicted molar refractivity (Wildman–Crippen MR) is 113 cm³/mol. The number of likely N-dealkylation sites (tertiary alicyclic amines) is 1. The number of amides is 1. The maximum Gasteiger partial charge on any atom is 0.276 e. The molecule has 1 saturated heterocycles. The van der Waals surface area contributed by atoms with Crippen LogP contribution in [0.1, 0.15) is 46.5 Å². The van der Waals surface area contributed by atoms with Gasteiger partial charge >= 0.3 is 0 Å². The van der Waals surface area contributed by atoms with Gasteiger partial charge in [-0.1, -0.05) is 22.9 Å². The Balaban J connectivity index is 0.00000218. The van der Waals surface area contributed by atoms with Gasteiger partial charge in [-0.2, -0.15) is 0 Å². The van der Waals surface area contributed by atoms with E-state index in [1.165, 1.54) is 5.56 Å². The summed E-state index contributed by atoms with van der Waals surface area (Å²) in [5.41, 5.74) is 2.46. The topological polar surface area (TPSA) is 93.8 Å². The molecule has 0 unspecified atom stereocenters. The number of hydrogen-bond donors (Lipinski definition) is 1. The van der Waals surface area contributed by atoms with E-state index in [1.807, 2.05) is 36.1 Å². The van der Waals surface area contributed by atoms with Crippen LogP contribution in [0.2, 0.25) is 0 Å². The van der Waals surface area contributed by atoms with Gasteiger partial charge in [-0.15, -0.1) is 27.7 Å². The van der Waals surface area contributed by atoms with Gasteiger partial charge in [0.05, 0.1) is 18.4 Å². The first-order valence-electron chi connectivity index (χ1n) is 10.1. The summed E-state index contributed by atoms with van der Waals surface area (Å²) in [6, 6.07) is 7.97. The number of piperidine rings is 1. The number of aryl methyl sites for hydroxylation is 1. The van der Waals surface area contributed by atoms with Gasteiger partial charge < -0.3 is 14.8 Å². The highest BCUT2D eigenvalue weighted by molar-refractivity contribution is 5.92. The molecule has 1 N–H and O–H groups in total. The zero-order valence-corrected chi connectivity index (χ0v) is 17.7. The zero-order chi connectivity index (χ0) is 19.8. The minimum Gasteiger partial charge on any atom is -0.337 e. The van der Waals surface area contributed by atoms with Crippen molar-refractivity contribution in [3.05, 3.63) is 53.4 Å². The first-order chi connectivity index (χ1) is 14.2. The van der Waals surface area contributed by atoms with Crippen molar-refractivity contribution in [1.29, 1.82) is 0 Å². The van der Waals surface area contributed by atoms with Gasteiger partial charge in [0.15, 0.2) is 5.69 Å². The molecular weight excluding hydrogens is 404 g/mol. The molecule has 30 heavy (non-hydrogen) atoms. The summed E-state index contributed by atoms with van der Waals surface area (Å²) in [5.74, 6) is 2.37. The van der Waals surface area contributed by atoms with Crippen LogP contribution in [0.25, 0.3) is 5.69 Å². The molecule has 2 aromatic heterocycles. The number of carbonyl (C=O) groups excluding carboxylic acids is 1. The summed E-state index contributed by atoms with van der Waals surface area (Å²) in [4.78, 5) is 14.8. The minimum atomic E-state index is -0.0608. The van der Waals surface area contributed by atoms with Gasteiger partial charge in [-0.3, -0.25) is 4.79 Å². The Morgan fingerprint density at radius 1 is 1.07 bits per heavy atom. The van der Waals surface area contributed by atoms with Crippen LogP contribution in [0.3, 0.4) is 0 Å².